The fourth-order valence-electron chi connectivity index (χ4n) is 0.899. The molecule has 0 atom stereocenters. The molecule has 0 unspecified atom stereocenters. The van der Waals surface area contributed by atoms with Gasteiger partial charge in [-0.25, -0.2) is 0 Å². The summed E-state index contributed by atoms with van der Waals surface area (Å²) in [5.41, 5.74) is 0. The minimum Gasteiger partial charge on any atom is -0.304 e. The summed E-state index contributed by atoms with van der Waals surface area (Å²) >= 11 is 1.78. The minimum atomic E-state index is 0.822. The monoisotopic (exact) mass is 155 g/mol. The van der Waals surface area contributed by atoms with Gasteiger partial charge < -0.3 is 4.98 Å². The largest absolute Gasteiger partial charge is 0.304 e. The van der Waals surface area contributed by atoms with Crippen LogP contribution in [0, 0.1) is 6.33 Å². The Kier molecular flexibility index (Phi) is 1.50. The predicted molar refractivity (Wildman–Crippen MR) is 39.6 cm³/mol. The first kappa shape index (κ1) is 6.03. The number of hydrogen-bond acceptors (Lipinski definition) is 4. The van der Waals surface area contributed by atoms with Crippen LogP contribution in [0.5, 0.6) is 0 Å². The van der Waals surface area contributed by atoms with Gasteiger partial charge in [0.15, 0.2) is 0 Å². The van der Waals surface area contributed by atoms with Gasteiger partial charge in [0.05, 0.1) is 0 Å². The molecule has 0 spiro atoms. The zero-order chi connectivity index (χ0) is 6.81. The second-order valence-corrected chi connectivity index (χ2v) is 3.16. The van der Waals surface area contributed by atoms with E-state index in [2.05, 4.69) is 25.8 Å². The molecule has 1 aliphatic heterocycles. The number of rotatable bonds is 1. The lowest BCUT2D eigenvalue weighted by Crippen LogP contribution is -2.10. The Bertz CT molecular complexity index is 191. The summed E-state index contributed by atoms with van der Waals surface area (Å²) in [4.78, 5) is 2.84. The molecular formula is C5H7N4S. The first-order chi connectivity index (χ1) is 4.97. The van der Waals surface area contributed by atoms with Crippen molar-refractivity contribution in [3.63, 3.8) is 0 Å². The predicted octanol–water partition coefficient (Wildman–Crippen LogP) is 0.463. The molecule has 0 bridgehead atoms. The highest BCUT2D eigenvalue weighted by Crippen LogP contribution is 2.23. The number of nitrogens with one attached hydrogen (secondary N) is 1. The summed E-state index contributed by atoms with van der Waals surface area (Å²) in [5.74, 6) is 2.00. The maximum Gasteiger partial charge on any atom is 0.234 e. The summed E-state index contributed by atoms with van der Waals surface area (Å²) in [6.07, 6.45) is 3.79. The third kappa shape index (κ3) is 0.965. The Morgan fingerprint density at radius 1 is 1.70 bits per heavy atom. The SMILES string of the molecule is [c]1nnc(N2CCCS2)[nH]1. The van der Waals surface area contributed by atoms with Crippen LogP contribution in [0.25, 0.3) is 0 Å². The van der Waals surface area contributed by atoms with Crippen LogP contribution in [0.4, 0.5) is 5.95 Å². The number of anilines is 1. The van der Waals surface area contributed by atoms with E-state index in [1.54, 1.807) is 11.9 Å². The summed E-state index contributed by atoms with van der Waals surface area (Å²) in [6.45, 7) is 1.06. The second-order valence-electron chi connectivity index (χ2n) is 2.05. The molecule has 1 aromatic heterocycles. The smallest absolute Gasteiger partial charge is 0.234 e. The van der Waals surface area contributed by atoms with Crippen molar-refractivity contribution >= 4 is 17.9 Å². The van der Waals surface area contributed by atoms with Gasteiger partial charge in [-0.1, -0.05) is 0 Å². The maximum absolute atomic E-state index is 3.84. The van der Waals surface area contributed by atoms with E-state index >= 15 is 0 Å². The van der Waals surface area contributed by atoms with Gasteiger partial charge >= 0.3 is 0 Å². The summed E-state index contributed by atoms with van der Waals surface area (Å²) in [6, 6.07) is 0. The van der Waals surface area contributed by atoms with Crippen LogP contribution < -0.4 is 4.31 Å². The first-order valence-electron chi connectivity index (χ1n) is 3.16. The molecule has 1 aliphatic rings. The molecule has 2 rings (SSSR count). The standard InChI is InChI=1S/C5H7N4S/c1-2-9(10-3-1)5-6-4-7-8-5/h1-3H2,(H,6,7,8). The van der Waals surface area contributed by atoms with E-state index in [9.17, 15) is 0 Å². The zero-order valence-electron chi connectivity index (χ0n) is 5.37. The van der Waals surface area contributed by atoms with E-state index in [1.807, 2.05) is 0 Å². The molecule has 0 saturated carbocycles. The number of hydrogen-bond donors (Lipinski definition) is 1. The Balaban J connectivity index is 2.12. The van der Waals surface area contributed by atoms with Crippen molar-refractivity contribution in [3.8, 4) is 0 Å². The fraction of sp³-hybridized carbons (Fsp3) is 0.600. The van der Waals surface area contributed by atoms with E-state index in [1.165, 1.54) is 12.2 Å². The quantitative estimate of drug-likeness (QED) is 0.598. The summed E-state index contributed by atoms with van der Waals surface area (Å²) in [5, 5.41) is 7.42. The molecular weight excluding hydrogens is 148 g/mol. The van der Waals surface area contributed by atoms with Crippen molar-refractivity contribution in [2.45, 2.75) is 6.42 Å². The molecule has 1 N–H and O–H groups in total. The molecule has 0 amide bonds. The van der Waals surface area contributed by atoms with Crippen LogP contribution in [-0.4, -0.2) is 27.5 Å². The Morgan fingerprint density at radius 3 is 3.30 bits per heavy atom. The van der Waals surface area contributed by atoms with Crippen LogP contribution in [0.3, 0.4) is 0 Å². The average Bonchev–Trinajstić information content (AvgIpc) is 2.59. The average molecular weight is 155 g/mol. The van der Waals surface area contributed by atoms with E-state index in [0.29, 0.717) is 0 Å². The van der Waals surface area contributed by atoms with Gasteiger partial charge in [-0.2, -0.15) is 0 Å². The van der Waals surface area contributed by atoms with Gasteiger partial charge in [-0.3, -0.25) is 4.31 Å². The summed E-state index contributed by atoms with van der Waals surface area (Å²) < 4.78 is 2.10. The lowest BCUT2D eigenvalue weighted by atomic mass is 10.5. The highest BCUT2D eigenvalue weighted by Gasteiger charge is 2.15. The van der Waals surface area contributed by atoms with Crippen molar-refractivity contribution in [3.05, 3.63) is 6.33 Å². The topological polar surface area (TPSA) is 44.8 Å². The van der Waals surface area contributed by atoms with Gasteiger partial charge in [0.25, 0.3) is 0 Å². The Morgan fingerprint density at radius 2 is 2.70 bits per heavy atom. The van der Waals surface area contributed by atoms with Crippen LogP contribution >= 0.6 is 11.9 Å². The van der Waals surface area contributed by atoms with Gasteiger partial charge in [0, 0.05) is 12.3 Å². The minimum absolute atomic E-state index is 0.822. The number of aromatic nitrogens is 3. The van der Waals surface area contributed by atoms with E-state index in [4.69, 9.17) is 0 Å². The lowest BCUT2D eigenvalue weighted by Gasteiger charge is -2.09. The van der Waals surface area contributed by atoms with Crippen molar-refractivity contribution in [2.24, 2.45) is 0 Å². The van der Waals surface area contributed by atoms with Crippen molar-refractivity contribution in [2.75, 3.05) is 16.6 Å². The van der Waals surface area contributed by atoms with Crippen LogP contribution in [0.2, 0.25) is 0 Å². The highest BCUT2D eigenvalue weighted by atomic mass is 32.2. The van der Waals surface area contributed by atoms with Gasteiger partial charge in [-0.15, -0.1) is 10.2 Å². The molecule has 1 fully saturated rings. The van der Waals surface area contributed by atoms with Crippen LogP contribution in [0.1, 0.15) is 6.42 Å². The van der Waals surface area contributed by atoms with Gasteiger partial charge in [0.2, 0.25) is 12.3 Å². The van der Waals surface area contributed by atoms with Crippen LogP contribution in [0.15, 0.2) is 0 Å². The third-order valence-electron chi connectivity index (χ3n) is 1.35. The van der Waals surface area contributed by atoms with E-state index < -0.39 is 0 Å². The molecule has 53 valence electrons. The molecule has 1 saturated heterocycles. The summed E-state index contributed by atoms with van der Waals surface area (Å²) in [7, 11) is 0. The third-order valence-corrected chi connectivity index (χ3v) is 2.49. The lowest BCUT2D eigenvalue weighted by molar-refractivity contribution is 0.951. The molecule has 10 heavy (non-hydrogen) atoms. The van der Waals surface area contributed by atoms with Crippen molar-refractivity contribution in [1.29, 1.82) is 0 Å². The van der Waals surface area contributed by atoms with Gasteiger partial charge in [0.1, 0.15) is 0 Å². The molecule has 0 aromatic carbocycles. The maximum atomic E-state index is 3.84. The van der Waals surface area contributed by atoms with E-state index in [0.717, 1.165) is 12.5 Å². The fourth-order valence-corrected chi connectivity index (χ4v) is 1.84. The molecule has 1 aromatic rings. The first-order valence-corrected chi connectivity index (χ1v) is 4.10. The number of aromatic amines is 1. The highest BCUT2D eigenvalue weighted by molar-refractivity contribution is 8.00. The molecule has 2 heterocycles. The zero-order valence-corrected chi connectivity index (χ0v) is 6.19. The molecule has 0 aliphatic carbocycles. The number of H-pyrrole nitrogens is 1. The Labute approximate surface area is 63.2 Å². The van der Waals surface area contributed by atoms with E-state index in [-0.39, 0.29) is 0 Å². The molecule has 4 nitrogen and oxygen atoms in total. The van der Waals surface area contributed by atoms with Crippen molar-refractivity contribution in [1.82, 2.24) is 15.2 Å². The van der Waals surface area contributed by atoms with Crippen LogP contribution in [-0.2, 0) is 0 Å². The molecule has 1 radical (unpaired) electrons. The second kappa shape index (κ2) is 2.49. The van der Waals surface area contributed by atoms with Gasteiger partial charge in [-0.05, 0) is 18.4 Å². The molecule has 5 heteroatoms. The number of nitrogens with zero attached hydrogens (tertiary/aromatic N) is 3. The normalized spacial score (nSPS) is 18.2. The Hall–Kier alpha value is -0.710. The van der Waals surface area contributed by atoms with Crippen molar-refractivity contribution < 1.29 is 0 Å².